The molecule has 2 aromatic carbocycles. The topological polar surface area (TPSA) is 30.8 Å². The number of hydrogen-bond acceptors (Lipinski definition) is 3. The van der Waals surface area contributed by atoms with E-state index >= 15 is 0 Å². The summed E-state index contributed by atoms with van der Waals surface area (Å²) < 4.78 is 10.7. The molecule has 0 saturated heterocycles. The van der Waals surface area contributed by atoms with Gasteiger partial charge in [-0.05, 0) is 43.3 Å². The Labute approximate surface area is 134 Å². The van der Waals surface area contributed by atoms with Crippen molar-refractivity contribution in [2.24, 2.45) is 4.99 Å². The molecule has 5 heteroatoms. The van der Waals surface area contributed by atoms with Crippen LogP contribution >= 0.6 is 23.2 Å². The molecule has 0 N–H and O–H groups in total. The molecule has 0 aliphatic carbocycles. The van der Waals surface area contributed by atoms with Crippen LogP contribution in [0.5, 0.6) is 11.5 Å². The first kappa shape index (κ1) is 15.7. The van der Waals surface area contributed by atoms with E-state index < -0.39 is 0 Å². The number of methoxy groups -OCH3 is 1. The van der Waals surface area contributed by atoms with Gasteiger partial charge in [0.2, 0.25) is 0 Å². The third-order valence-corrected chi connectivity index (χ3v) is 3.24. The number of hydrogen-bond donors (Lipinski definition) is 0. The number of nitrogens with zero attached hydrogens (tertiary/aromatic N) is 1. The van der Waals surface area contributed by atoms with E-state index in [2.05, 4.69) is 4.99 Å². The molecule has 0 bridgehead atoms. The minimum absolute atomic E-state index is 0.457. The molecule has 3 nitrogen and oxygen atoms in total. The summed E-state index contributed by atoms with van der Waals surface area (Å²) in [7, 11) is 1.56. The van der Waals surface area contributed by atoms with Crippen molar-refractivity contribution in [1.82, 2.24) is 0 Å². The molecule has 2 aromatic rings. The van der Waals surface area contributed by atoms with Crippen LogP contribution in [-0.4, -0.2) is 19.9 Å². The first-order valence-corrected chi connectivity index (χ1v) is 7.19. The molecule has 0 fully saturated rings. The molecule has 110 valence electrons. The van der Waals surface area contributed by atoms with Gasteiger partial charge >= 0.3 is 0 Å². The Morgan fingerprint density at radius 2 is 1.86 bits per heavy atom. The van der Waals surface area contributed by atoms with Gasteiger partial charge in [-0.2, -0.15) is 0 Å². The lowest BCUT2D eigenvalue weighted by Crippen LogP contribution is -1.92. The number of aliphatic imine (C=N–C) groups is 1. The summed E-state index contributed by atoms with van der Waals surface area (Å²) >= 11 is 12.1. The van der Waals surface area contributed by atoms with Gasteiger partial charge in [-0.3, -0.25) is 4.99 Å². The molecular weight excluding hydrogens is 309 g/mol. The molecule has 0 amide bonds. The van der Waals surface area contributed by atoms with Crippen LogP contribution in [0.1, 0.15) is 12.5 Å². The van der Waals surface area contributed by atoms with Crippen molar-refractivity contribution in [3.8, 4) is 11.5 Å². The minimum atomic E-state index is 0.457. The molecule has 0 radical (unpaired) electrons. The van der Waals surface area contributed by atoms with Crippen LogP contribution in [0.3, 0.4) is 0 Å². The Bertz CT molecular complexity index is 639. The number of benzene rings is 2. The number of halogens is 2. The van der Waals surface area contributed by atoms with Gasteiger partial charge in [0.25, 0.3) is 0 Å². The van der Waals surface area contributed by atoms with E-state index in [0.29, 0.717) is 22.4 Å². The molecule has 0 heterocycles. The summed E-state index contributed by atoms with van der Waals surface area (Å²) in [5.41, 5.74) is 1.53. The van der Waals surface area contributed by atoms with Crippen molar-refractivity contribution in [2.45, 2.75) is 6.92 Å². The summed E-state index contributed by atoms with van der Waals surface area (Å²) in [5.74, 6) is 1.37. The lowest BCUT2D eigenvalue weighted by atomic mass is 10.2. The van der Waals surface area contributed by atoms with Crippen molar-refractivity contribution in [3.63, 3.8) is 0 Å². The van der Waals surface area contributed by atoms with Gasteiger partial charge in [0.15, 0.2) is 0 Å². The third kappa shape index (κ3) is 4.13. The lowest BCUT2D eigenvalue weighted by Gasteiger charge is -2.07. The Kier molecular flexibility index (Phi) is 5.48. The highest BCUT2D eigenvalue weighted by Crippen LogP contribution is 2.31. The molecule has 21 heavy (non-hydrogen) atoms. The quantitative estimate of drug-likeness (QED) is 0.712. The van der Waals surface area contributed by atoms with Crippen LogP contribution in [-0.2, 0) is 0 Å². The van der Waals surface area contributed by atoms with Crippen LogP contribution in [0.2, 0.25) is 10.0 Å². The summed E-state index contributed by atoms with van der Waals surface area (Å²) in [6.45, 7) is 2.59. The van der Waals surface area contributed by atoms with Gasteiger partial charge in [0, 0.05) is 16.8 Å². The highest BCUT2D eigenvalue weighted by atomic mass is 35.5. The van der Waals surface area contributed by atoms with Gasteiger partial charge in [-0.15, -0.1) is 0 Å². The molecule has 0 unspecified atom stereocenters. The maximum absolute atomic E-state index is 6.08. The van der Waals surface area contributed by atoms with Crippen molar-refractivity contribution in [2.75, 3.05) is 13.7 Å². The maximum atomic E-state index is 6.08. The lowest BCUT2D eigenvalue weighted by molar-refractivity contribution is 0.340. The van der Waals surface area contributed by atoms with Gasteiger partial charge in [-0.25, -0.2) is 0 Å². The van der Waals surface area contributed by atoms with Gasteiger partial charge in [0.05, 0.1) is 24.4 Å². The van der Waals surface area contributed by atoms with Crippen molar-refractivity contribution in [3.05, 3.63) is 52.0 Å². The van der Waals surface area contributed by atoms with Gasteiger partial charge in [0.1, 0.15) is 11.5 Å². The maximum Gasteiger partial charge on any atom is 0.146 e. The normalized spacial score (nSPS) is 10.9. The first-order valence-electron chi connectivity index (χ1n) is 6.44. The summed E-state index contributed by atoms with van der Waals surface area (Å²) in [6.07, 6.45) is 1.67. The van der Waals surface area contributed by atoms with E-state index in [1.54, 1.807) is 25.5 Å². The molecule has 0 spiro atoms. The fourth-order valence-corrected chi connectivity index (χ4v) is 2.42. The molecular formula is C16H15Cl2NO2. The zero-order valence-corrected chi connectivity index (χ0v) is 13.3. The van der Waals surface area contributed by atoms with E-state index in [1.165, 1.54) is 0 Å². The van der Waals surface area contributed by atoms with E-state index in [9.17, 15) is 0 Å². The van der Waals surface area contributed by atoms with Crippen molar-refractivity contribution < 1.29 is 9.47 Å². The smallest absolute Gasteiger partial charge is 0.146 e. The molecule has 0 aliphatic rings. The number of rotatable bonds is 5. The van der Waals surface area contributed by atoms with E-state index in [0.717, 1.165) is 17.0 Å². The largest absolute Gasteiger partial charge is 0.495 e. The van der Waals surface area contributed by atoms with Crippen LogP contribution in [0, 0.1) is 0 Å². The Morgan fingerprint density at radius 3 is 2.48 bits per heavy atom. The minimum Gasteiger partial charge on any atom is -0.495 e. The Balaban J connectivity index is 2.24. The Morgan fingerprint density at radius 1 is 1.14 bits per heavy atom. The van der Waals surface area contributed by atoms with Gasteiger partial charge < -0.3 is 9.47 Å². The third-order valence-electron chi connectivity index (χ3n) is 2.74. The van der Waals surface area contributed by atoms with Crippen molar-refractivity contribution in [1.29, 1.82) is 0 Å². The highest BCUT2D eigenvalue weighted by Gasteiger charge is 2.07. The highest BCUT2D eigenvalue weighted by molar-refractivity contribution is 6.36. The first-order chi connectivity index (χ1) is 10.1. The second-order valence-electron chi connectivity index (χ2n) is 4.20. The monoisotopic (exact) mass is 323 g/mol. The molecule has 2 rings (SSSR count). The van der Waals surface area contributed by atoms with Crippen molar-refractivity contribution >= 4 is 35.1 Å². The second kappa shape index (κ2) is 7.34. The second-order valence-corrected chi connectivity index (χ2v) is 5.04. The molecule has 0 saturated carbocycles. The Hall–Kier alpha value is -1.71. The molecule has 0 aromatic heterocycles. The van der Waals surface area contributed by atoms with Crippen LogP contribution in [0.4, 0.5) is 5.69 Å². The zero-order valence-electron chi connectivity index (χ0n) is 11.8. The van der Waals surface area contributed by atoms with Crippen LogP contribution in [0.25, 0.3) is 0 Å². The standard InChI is InChI=1S/C16H15Cl2NO2/c1-3-21-14-6-4-13(5-7-14)19-10-11-8-12(17)9-15(18)16(11)20-2/h4-10H,3H2,1-2H3. The van der Waals surface area contributed by atoms with E-state index in [1.807, 2.05) is 31.2 Å². The predicted molar refractivity (Wildman–Crippen MR) is 87.9 cm³/mol. The van der Waals surface area contributed by atoms with Gasteiger partial charge in [-0.1, -0.05) is 23.2 Å². The molecule has 0 aliphatic heterocycles. The van der Waals surface area contributed by atoms with E-state index in [4.69, 9.17) is 32.7 Å². The van der Waals surface area contributed by atoms with Crippen LogP contribution in [0.15, 0.2) is 41.4 Å². The van der Waals surface area contributed by atoms with E-state index in [-0.39, 0.29) is 0 Å². The summed E-state index contributed by atoms with van der Waals surface area (Å²) in [5, 5.41) is 0.993. The zero-order chi connectivity index (χ0) is 15.2. The summed E-state index contributed by atoms with van der Waals surface area (Å²) in [6, 6.07) is 10.9. The average molecular weight is 324 g/mol. The predicted octanol–water partition coefficient (Wildman–Crippen LogP) is 5.15. The number of ether oxygens (including phenoxy) is 2. The average Bonchev–Trinajstić information content (AvgIpc) is 2.46. The SMILES string of the molecule is CCOc1ccc(N=Cc2cc(Cl)cc(Cl)c2OC)cc1. The molecule has 0 atom stereocenters. The fourth-order valence-electron chi connectivity index (χ4n) is 1.83. The fraction of sp³-hybridized carbons (Fsp3) is 0.188. The summed E-state index contributed by atoms with van der Waals surface area (Å²) in [4.78, 5) is 4.39. The van der Waals surface area contributed by atoms with Crippen LogP contribution < -0.4 is 9.47 Å².